The van der Waals surface area contributed by atoms with Gasteiger partial charge in [0.15, 0.2) is 0 Å². The molecule has 4 N–H and O–H groups in total. The van der Waals surface area contributed by atoms with Crippen molar-refractivity contribution >= 4 is 5.84 Å². The van der Waals surface area contributed by atoms with E-state index in [4.69, 9.17) is 10.9 Å². The molecule has 0 saturated carbocycles. The predicted molar refractivity (Wildman–Crippen MR) is 65.7 cm³/mol. The Morgan fingerprint density at radius 3 is 2.75 bits per heavy atom. The molecule has 0 heterocycles. The molecule has 0 spiro atoms. The van der Waals surface area contributed by atoms with Gasteiger partial charge in [0.05, 0.1) is 5.92 Å². The first-order valence-corrected chi connectivity index (χ1v) is 5.13. The van der Waals surface area contributed by atoms with E-state index in [0.29, 0.717) is 13.1 Å². The normalized spacial score (nSPS) is 13.4. The fraction of sp³-hybridized carbons (Fsp3) is 0.250. The Balaban J connectivity index is 2.76. The van der Waals surface area contributed by atoms with Crippen molar-refractivity contribution in [3.05, 3.63) is 48.6 Å². The lowest BCUT2D eigenvalue weighted by atomic mass is 9.98. The average Bonchev–Trinajstić information content (AvgIpc) is 2.35. The summed E-state index contributed by atoms with van der Waals surface area (Å²) in [7, 11) is 0. The fourth-order valence-corrected chi connectivity index (χ4v) is 1.48. The molecule has 1 rings (SSSR count). The molecule has 1 aromatic rings. The molecule has 86 valence electrons. The lowest BCUT2D eigenvalue weighted by Crippen LogP contribution is -2.31. The number of hydrogen-bond acceptors (Lipinski definition) is 3. The summed E-state index contributed by atoms with van der Waals surface area (Å²) in [6, 6.07) is 9.71. The SMILES string of the molecule is C=CCNCC(C(N)=NO)c1ccccc1. The Morgan fingerprint density at radius 2 is 2.19 bits per heavy atom. The third-order valence-electron chi connectivity index (χ3n) is 2.31. The van der Waals surface area contributed by atoms with Gasteiger partial charge >= 0.3 is 0 Å². The van der Waals surface area contributed by atoms with Gasteiger partial charge in [-0.15, -0.1) is 6.58 Å². The van der Waals surface area contributed by atoms with Crippen LogP contribution in [0, 0.1) is 0 Å². The highest BCUT2D eigenvalue weighted by atomic mass is 16.4. The van der Waals surface area contributed by atoms with Gasteiger partial charge in [-0.05, 0) is 5.56 Å². The first-order chi connectivity index (χ1) is 7.79. The van der Waals surface area contributed by atoms with Gasteiger partial charge in [0.2, 0.25) is 0 Å². The van der Waals surface area contributed by atoms with E-state index in [-0.39, 0.29) is 11.8 Å². The van der Waals surface area contributed by atoms with Crippen LogP contribution in [-0.2, 0) is 0 Å². The van der Waals surface area contributed by atoms with Gasteiger partial charge in [-0.2, -0.15) is 0 Å². The highest BCUT2D eigenvalue weighted by Gasteiger charge is 2.15. The molecule has 4 heteroatoms. The van der Waals surface area contributed by atoms with Crippen LogP contribution in [0.2, 0.25) is 0 Å². The van der Waals surface area contributed by atoms with Gasteiger partial charge in [-0.1, -0.05) is 41.6 Å². The molecule has 0 bridgehead atoms. The number of amidine groups is 1. The molecule has 1 aromatic carbocycles. The minimum atomic E-state index is -0.119. The first-order valence-electron chi connectivity index (χ1n) is 5.13. The highest BCUT2D eigenvalue weighted by molar-refractivity contribution is 5.87. The molecular weight excluding hydrogens is 202 g/mol. The molecule has 0 aliphatic carbocycles. The second-order valence-corrected chi connectivity index (χ2v) is 3.44. The van der Waals surface area contributed by atoms with Crippen LogP contribution in [0.1, 0.15) is 11.5 Å². The number of nitrogens with two attached hydrogens (primary N) is 1. The van der Waals surface area contributed by atoms with Gasteiger partial charge in [0.1, 0.15) is 5.84 Å². The van der Waals surface area contributed by atoms with E-state index in [2.05, 4.69) is 17.1 Å². The monoisotopic (exact) mass is 219 g/mol. The molecule has 0 saturated heterocycles. The number of hydrogen-bond donors (Lipinski definition) is 3. The van der Waals surface area contributed by atoms with E-state index in [9.17, 15) is 0 Å². The number of benzene rings is 1. The van der Waals surface area contributed by atoms with Crippen LogP contribution in [0.5, 0.6) is 0 Å². The van der Waals surface area contributed by atoms with E-state index < -0.39 is 0 Å². The molecule has 0 aromatic heterocycles. The largest absolute Gasteiger partial charge is 0.409 e. The van der Waals surface area contributed by atoms with Crippen molar-refractivity contribution in [2.24, 2.45) is 10.9 Å². The number of oxime groups is 1. The number of nitrogens with zero attached hydrogens (tertiary/aromatic N) is 1. The van der Waals surface area contributed by atoms with Crippen molar-refractivity contribution in [3.8, 4) is 0 Å². The number of nitrogens with one attached hydrogen (secondary N) is 1. The van der Waals surface area contributed by atoms with Crippen LogP contribution >= 0.6 is 0 Å². The number of rotatable bonds is 6. The van der Waals surface area contributed by atoms with Gasteiger partial charge < -0.3 is 16.3 Å². The molecular formula is C12H17N3O. The summed E-state index contributed by atoms with van der Waals surface area (Å²) in [6.07, 6.45) is 1.77. The maximum absolute atomic E-state index is 8.74. The van der Waals surface area contributed by atoms with Crippen molar-refractivity contribution in [2.75, 3.05) is 13.1 Å². The zero-order valence-electron chi connectivity index (χ0n) is 9.13. The lowest BCUT2D eigenvalue weighted by molar-refractivity contribution is 0.315. The predicted octanol–water partition coefficient (Wildman–Crippen LogP) is 1.29. The van der Waals surface area contributed by atoms with E-state index in [0.717, 1.165) is 5.56 Å². The zero-order valence-corrected chi connectivity index (χ0v) is 9.13. The Morgan fingerprint density at radius 1 is 1.50 bits per heavy atom. The molecule has 0 fully saturated rings. The van der Waals surface area contributed by atoms with Crippen LogP contribution in [0.3, 0.4) is 0 Å². The first kappa shape index (κ1) is 12.3. The summed E-state index contributed by atoms with van der Waals surface area (Å²) < 4.78 is 0. The molecule has 0 aliphatic rings. The minimum Gasteiger partial charge on any atom is -0.409 e. The van der Waals surface area contributed by atoms with Crippen LogP contribution in [0.25, 0.3) is 0 Å². The summed E-state index contributed by atoms with van der Waals surface area (Å²) in [4.78, 5) is 0. The smallest absolute Gasteiger partial charge is 0.147 e. The van der Waals surface area contributed by atoms with Gasteiger partial charge in [-0.25, -0.2) is 0 Å². The van der Waals surface area contributed by atoms with Crippen molar-refractivity contribution in [2.45, 2.75) is 5.92 Å². The van der Waals surface area contributed by atoms with E-state index in [1.54, 1.807) is 6.08 Å². The van der Waals surface area contributed by atoms with Crippen molar-refractivity contribution in [1.29, 1.82) is 0 Å². The van der Waals surface area contributed by atoms with Crippen molar-refractivity contribution < 1.29 is 5.21 Å². The molecule has 4 nitrogen and oxygen atoms in total. The minimum absolute atomic E-state index is 0.119. The standard InChI is InChI=1S/C12H17N3O/c1-2-8-14-9-11(12(13)15-16)10-6-4-3-5-7-10/h2-7,11,14,16H,1,8-9H2,(H2,13,15). The summed E-state index contributed by atoms with van der Waals surface area (Å²) >= 11 is 0. The van der Waals surface area contributed by atoms with Crippen molar-refractivity contribution in [3.63, 3.8) is 0 Å². The Labute approximate surface area is 95.5 Å². The van der Waals surface area contributed by atoms with Gasteiger partial charge in [-0.3, -0.25) is 0 Å². The Bertz CT molecular complexity index is 349. The van der Waals surface area contributed by atoms with E-state index in [1.165, 1.54) is 0 Å². The van der Waals surface area contributed by atoms with E-state index in [1.807, 2.05) is 30.3 Å². The molecule has 0 radical (unpaired) electrons. The second kappa shape index (κ2) is 6.63. The summed E-state index contributed by atoms with van der Waals surface area (Å²) in [5.41, 5.74) is 6.69. The van der Waals surface area contributed by atoms with E-state index >= 15 is 0 Å². The maximum atomic E-state index is 8.74. The zero-order chi connectivity index (χ0) is 11.8. The van der Waals surface area contributed by atoms with Crippen molar-refractivity contribution in [1.82, 2.24) is 5.32 Å². The third kappa shape index (κ3) is 3.40. The van der Waals surface area contributed by atoms with Crippen LogP contribution in [0.4, 0.5) is 0 Å². The fourth-order valence-electron chi connectivity index (χ4n) is 1.48. The molecule has 1 atom stereocenters. The topological polar surface area (TPSA) is 70.6 Å². The maximum Gasteiger partial charge on any atom is 0.147 e. The molecule has 0 amide bonds. The molecule has 1 unspecified atom stereocenters. The Kier molecular flexibility index (Phi) is 5.08. The second-order valence-electron chi connectivity index (χ2n) is 3.44. The Hall–Kier alpha value is -1.81. The van der Waals surface area contributed by atoms with Gasteiger partial charge in [0.25, 0.3) is 0 Å². The third-order valence-corrected chi connectivity index (χ3v) is 2.31. The molecule has 16 heavy (non-hydrogen) atoms. The highest BCUT2D eigenvalue weighted by Crippen LogP contribution is 2.14. The quantitative estimate of drug-likeness (QED) is 0.169. The lowest BCUT2D eigenvalue weighted by Gasteiger charge is -2.16. The molecule has 0 aliphatic heterocycles. The van der Waals surface area contributed by atoms with Crippen LogP contribution in [-0.4, -0.2) is 24.1 Å². The summed E-state index contributed by atoms with van der Waals surface area (Å²) in [5, 5.41) is 15.0. The average molecular weight is 219 g/mol. The van der Waals surface area contributed by atoms with Crippen LogP contribution in [0.15, 0.2) is 48.1 Å². The summed E-state index contributed by atoms with van der Waals surface area (Å²) in [5.74, 6) is 0.0916. The van der Waals surface area contributed by atoms with Gasteiger partial charge in [0, 0.05) is 13.1 Å². The van der Waals surface area contributed by atoms with Crippen LogP contribution < -0.4 is 11.1 Å². The summed E-state index contributed by atoms with van der Waals surface area (Å²) in [6.45, 7) is 4.94.